The zero-order valence-corrected chi connectivity index (χ0v) is 18.1. The Morgan fingerprint density at radius 1 is 1.43 bits per heavy atom. The number of hydrogen-bond acceptors (Lipinski definition) is 8. The van der Waals surface area contributed by atoms with E-state index in [2.05, 4.69) is 16.8 Å². The maximum absolute atomic E-state index is 12.3. The molecule has 3 rings (SSSR count). The average Bonchev–Trinajstić information content (AvgIpc) is 3.31. The normalized spacial score (nSPS) is 20.7. The third-order valence-electron chi connectivity index (χ3n) is 5.01. The van der Waals surface area contributed by atoms with E-state index in [4.69, 9.17) is 9.47 Å². The molecule has 9 heteroatoms. The van der Waals surface area contributed by atoms with E-state index >= 15 is 0 Å². The van der Waals surface area contributed by atoms with Crippen LogP contribution in [-0.4, -0.2) is 84.5 Å². The Hall–Kier alpha value is -1.16. The smallest absolute Gasteiger partial charge is 0.357 e. The summed E-state index contributed by atoms with van der Waals surface area (Å²) in [7, 11) is 0. The van der Waals surface area contributed by atoms with Crippen molar-refractivity contribution < 1.29 is 19.1 Å². The highest BCUT2D eigenvalue weighted by Gasteiger charge is 2.32. The fourth-order valence-electron chi connectivity index (χ4n) is 3.40. The lowest BCUT2D eigenvalue weighted by atomic mass is 10.2. The van der Waals surface area contributed by atoms with Gasteiger partial charge in [-0.05, 0) is 12.8 Å². The largest absolute Gasteiger partial charge is 0.461 e. The van der Waals surface area contributed by atoms with E-state index in [1.54, 1.807) is 17.1 Å². The van der Waals surface area contributed by atoms with Crippen LogP contribution in [0.15, 0.2) is 9.72 Å². The van der Waals surface area contributed by atoms with Crippen LogP contribution >= 0.6 is 23.1 Å². The molecule has 1 aromatic heterocycles. The number of amides is 1. The molecule has 3 heterocycles. The summed E-state index contributed by atoms with van der Waals surface area (Å²) in [6.45, 7) is 7.61. The highest BCUT2D eigenvalue weighted by Crippen LogP contribution is 2.25. The molecule has 0 N–H and O–H groups in total. The van der Waals surface area contributed by atoms with Crippen LogP contribution in [0.4, 0.5) is 0 Å². The molecule has 0 aromatic carbocycles. The summed E-state index contributed by atoms with van der Waals surface area (Å²) in [6, 6.07) is 0.298. The molecule has 0 radical (unpaired) electrons. The number of rotatable bonds is 10. The lowest BCUT2D eigenvalue weighted by Crippen LogP contribution is -2.46. The van der Waals surface area contributed by atoms with E-state index < -0.39 is 0 Å². The highest BCUT2D eigenvalue weighted by molar-refractivity contribution is 8.01. The van der Waals surface area contributed by atoms with Gasteiger partial charge in [0.05, 0.1) is 19.8 Å². The van der Waals surface area contributed by atoms with Crippen LogP contribution in [0.1, 0.15) is 43.1 Å². The van der Waals surface area contributed by atoms with Crippen molar-refractivity contribution in [1.29, 1.82) is 0 Å². The fourth-order valence-corrected chi connectivity index (χ4v) is 5.21. The quantitative estimate of drug-likeness (QED) is 0.323. The van der Waals surface area contributed by atoms with Gasteiger partial charge in [0.25, 0.3) is 0 Å². The summed E-state index contributed by atoms with van der Waals surface area (Å²) >= 11 is 3.05. The molecule has 2 aliphatic heterocycles. The Labute approximate surface area is 174 Å². The fraction of sp³-hybridized carbons (Fsp3) is 0.737. The minimum atomic E-state index is -0.350. The molecule has 1 aromatic rings. The molecule has 28 heavy (non-hydrogen) atoms. The number of carbonyl (C=O) groups excluding carboxylic acids is 2. The molecule has 0 aliphatic carbocycles. The van der Waals surface area contributed by atoms with Gasteiger partial charge < -0.3 is 14.4 Å². The van der Waals surface area contributed by atoms with Crippen LogP contribution in [-0.2, 0) is 14.3 Å². The van der Waals surface area contributed by atoms with E-state index in [9.17, 15) is 9.59 Å². The van der Waals surface area contributed by atoms with Crippen LogP contribution in [0.3, 0.4) is 0 Å². The van der Waals surface area contributed by atoms with Crippen LogP contribution in [0.2, 0.25) is 0 Å². The van der Waals surface area contributed by atoms with Crippen molar-refractivity contribution in [2.45, 2.75) is 43.0 Å². The summed E-state index contributed by atoms with van der Waals surface area (Å²) in [6.07, 6.45) is 3.44. The van der Waals surface area contributed by atoms with E-state index in [0.29, 0.717) is 31.3 Å². The van der Waals surface area contributed by atoms with Crippen molar-refractivity contribution in [3.63, 3.8) is 0 Å². The maximum atomic E-state index is 12.3. The van der Waals surface area contributed by atoms with Gasteiger partial charge in [0.15, 0.2) is 10.0 Å². The van der Waals surface area contributed by atoms with Gasteiger partial charge in [0.1, 0.15) is 0 Å². The van der Waals surface area contributed by atoms with Gasteiger partial charge in [-0.15, -0.1) is 11.3 Å². The number of thiazole rings is 1. The molecule has 7 nitrogen and oxygen atoms in total. The second kappa shape index (κ2) is 11.1. The number of carbonyl (C=O) groups is 2. The Morgan fingerprint density at radius 2 is 2.25 bits per heavy atom. The monoisotopic (exact) mass is 427 g/mol. The van der Waals surface area contributed by atoms with Gasteiger partial charge >= 0.3 is 5.97 Å². The Balaban J connectivity index is 1.43. The Morgan fingerprint density at radius 3 is 3.04 bits per heavy atom. The number of thioether (sulfide) groups is 1. The molecule has 0 saturated carbocycles. The van der Waals surface area contributed by atoms with Crippen LogP contribution in [0.5, 0.6) is 0 Å². The zero-order valence-electron chi connectivity index (χ0n) is 16.4. The maximum Gasteiger partial charge on any atom is 0.357 e. The standard InChI is InChI=1S/C19H29N3O4S2/c1-2-3-9-26-18(24)16-14-28-19(20-16)27-12-8-22-15(4-5-17(22)23)13-21-6-10-25-11-7-21/h14-15H,2-13H2,1H3/t15-/m1/s1. The Kier molecular flexibility index (Phi) is 8.57. The second-order valence-corrected chi connectivity index (χ2v) is 9.23. The predicted molar refractivity (Wildman–Crippen MR) is 110 cm³/mol. The molecule has 1 amide bonds. The van der Waals surface area contributed by atoms with Crippen molar-refractivity contribution in [2.75, 3.05) is 51.8 Å². The molecular weight excluding hydrogens is 398 g/mol. The first-order valence-corrected chi connectivity index (χ1v) is 11.9. The van der Waals surface area contributed by atoms with Crippen molar-refractivity contribution in [3.8, 4) is 0 Å². The first-order chi connectivity index (χ1) is 13.7. The predicted octanol–water partition coefficient (Wildman–Crippen LogP) is 2.52. The second-order valence-electron chi connectivity index (χ2n) is 7.03. The van der Waals surface area contributed by atoms with Crippen molar-refractivity contribution >= 4 is 35.0 Å². The third-order valence-corrected chi connectivity index (χ3v) is 7.01. The van der Waals surface area contributed by atoms with Gasteiger partial charge in [-0.3, -0.25) is 9.69 Å². The van der Waals surface area contributed by atoms with Gasteiger partial charge in [0, 0.05) is 49.8 Å². The summed E-state index contributed by atoms with van der Waals surface area (Å²) in [5.41, 5.74) is 0.381. The summed E-state index contributed by atoms with van der Waals surface area (Å²) in [4.78, 5) is 33.0. The Bertz CT molecular complexity index is 649. The molecule has 1 atom stereocenters. The number of ether oxygens (including phenoxy) is 2. The highest BCUT2D eigenvalue weighted by atomic mass is 32.2. The number of aromatic nitrogens is 1. The zero-order chi connectivity index (χ0) is 19.8. The van der Waals surface area contributed by atoms with Crippen LogP contribution in [0, 0.1) is 0 Å². The minimum Gasteiger partial charge on any atom is -0.461 e. The molecule has 2 saturated heterocycles. The topological polar surface area (TPSA) is 72.0 Å². The lowest BCUT2D eigenvalue weighted by Gasteiger charge is -2.32. The van der Waals surface area contributed by atoms with Gasteiger partial charge in [-0.2, -0.15) is 0 Å². The molecule has 0 spiro atoms. The summed E-state index contributed by atoms with van der Waals surface area (Å²) in [5, 5.41) is 1.75. The number of unbranched alkanes of at least 4 members (excludes halogenated alkanes) is 1. The van der Waals surface area contributed by atoms with Crippen LogP contribution in [0.25, 0.3) is 0 Å². The molecular formula is C19H29N3O4S2. The van der Waals surface area contributed by atoms with Crippen molar-refractivity contribution in [1.82, 2.24) is 14.8 Å². The van der Waals surface area contributed by atoms with E-state index in [0.717, 1.165) is 62.2 Å². The first kappa shape index (κ1) is 21.5. The molecule has 2 fully saturated rings. The number of hydrogen-bond donors (Lipinski definition) is 0. The first-order valence-electron chi connectivity index (χ1n) is 10.0. The average molecular weight is 428 g/mol. The SMILES string of the molecule is CCCCOC(=O)c1csc(SCCN2C(=O)CC[C@@H]2CN2CCOCC2)n1. The third kappa shape index (κ3) is 6.17. The van der Waals surface area contributed by atoms with Gasteiger partial charge in [0.2, 0.25) is 5.91 Å². The van der Waals surface area contributed by atoms with Crippen molar-refractivity contribution in [3.05, 3.63) is 11.1 Å². The van der Waals surface area contributed by atoms with Crippen molar-refractivity contribution in [2.24, 2.45) is 0 Å². The number of likely N-dealkylation sites (tertiary alicyclic amines) is 1. The molecule has 2 aliphatic rings. The van der Waals surface area contributed by atoms with E-state index in [1.807, 2.05) is 4.90 Å². The number of nitrogens with zero attached hydrogens (tertiary/aromatic N) is 3. The molecule has 0 bridgehead atoms. The summed E-state index contributed by atoms with van der Waals surface area (Å²) in [5.74, 6) is 0.679. The van der Waals surface area contributed by atoms with Gasteiger partial charge in [-0.1, -0.05) is 25.1 Å². The van der Waals surface area contributed by atoms with Gasteiger partial charge in [-0.25, -0.2) is 9.78 Å². The molecule has 156 valence electrons. The number of esters is 1. The molecule has 0 unspecified atom stereocenters. The van der Waals surface area contributed by atoms with E-state index in [1.165, 1.54) is 11.3 Å². The number of morpholine rings is 1. The van der Waals surface area contributed by atoms with E-state index in [-0.39, 0.29) is 11.9 Å². The minimum absolute atomic E-state index is 0.248. The van der Waals surface area contributed by atoms with Crippen LogP contribution < -0.4 is 0 Å². The summed E-state index contributed by atoms with van der Waals surface area (Å²) < 4.78 is 11.5. The lowest BCUT2D eigenvalue weighted by molar-refractivity contribution is -0.129.